The Morgan fingerprint density at radius 1 is 1.08 bits per heavy atom. The van der Waals surface area contributed by atoms with E-state index in [1.54, 1.807) is 13.4 Å². The molecule has 0 atom stereocenters. The molecule has 0 amide bonds. The van der Waals surface area contributed by atoms with Gasteiger partial charge in [0.1, 0.15) is 18.0 Å². The van der Waals surface area contributed by atoms with Crippen LogP contribution in [0.2, 0.25) is 0 Å². The van der Waals surface area contributed by atoms with Gasteiger partial charge in [0.2, 0.25) is 0 Å². The highest BCUT2D eigenvalue weighted by Crippen LogP contribution is 2.16. The summed E-state index contributed by atoms with van der Waals surface area (Å²) >= 11 is 0. The lowest BCUT2D eigenvalue weighted by atomic mass is 10.2. The van der Waals surface area contributed by atoms with Crippen LogP contribution in [0.3, 0.4) is 0 Å². The molecule has 128 valence electrons. The highest BCUT2D eigenvalue weighted by molar-refractivity contribution is 5.49. The third kappa shape index (κ3) is 4.66. The molecule has 6 heteroatoms. The molecule has 1 aliphatic heterocycles. The third-order valence-electron chi connectivity index (χ3n) is 4.28. The summed E-state index contributed by atoms with van der Waals surface area (Å²) in [5, 5.41) is 3.37. The minimum absolute atomic E-state index is 0.766. The molecule has 1 N–H and O–H groups in total. The SMILES string of the molecule is COCCN1CCN(c2cc(NCc3ccccc3)ncn2)CC1. The van der Waals surface area contributed by atoms with Gasteiger partial charge in [0.15, 0.2) is 0 Å². The minimum Gasteiger partial charge on any atom is -0.383 e. The molecule has 0 spiro atoms. The molecule has 0 aliphatic carbocycles. The molecule has 3 rings (SSSR count). The highest BCUT2D eigenvalue weighted by Gasteiger charge is 2.18. The molecule has 2 heterocycles. The monoisotopic (exact) mass is 327 g/mol. The van der Waals surface area contributed by atoms with E-state index in [2.05, 4.69) is 37.2 Å². The summed E-state index contributed by atoms with van der Waals surface area (Å²) < 4.78 is 5.15. The van der Waals surface area contributed by atoms with E-state index in [1.807, 2.05) is 24.3 Å². The fourth-order valence-electron chi connectivity index (χ4n) is 2.83. The van der Waals surface area contributed by atoms with Gasteiger partial charge >= 0.3 is 0 Å². The molecule has 0 radical (unpaired) electrons. The molecule has 0 bridgehead atoms. The van der Waals surface area contributed by atoms with E-state index in [9.17, 15) is 0 Å². The molecule has 24 heavy (non-hydrogen) atoms. The van der Waals surface area contributed by atoms with Gasteiger partial charge in [0.05, 0.1) is 6.61 Å². The van der Waals surface area contributed by atoms with E-state index in [1.165, 1.54) is 5.56 Å². The summed E-state index contributed by atoms with van der Waals surface area (Å²) in [5.74, 6) is 1.86. The standard InChI is InChI=1S/C18H25N5O/c1-24-12-11-22-7-9-23(10-8-22)18-13-17(20-15-21-18)19-14-16-5-3-2-4-6-16/h2-6,13,15H,7-12,14H2,1H3,(H,19,20,21). The number of hydrogen-bond acceptors (Lipinski definition) is 6. The number of piperazine rings is 1. The first-order valence-corrected chi connectivity index (χ1v) is 8.41. The Labute approximate surface area is 143 Å². The van der Waals surface area contributed by atoms with Crippen LogP contribution < -0.4 is 10.2 Å². The lowest BCUT2D eigenvalue weighted by Gasteiger charge is -2.35. The van der Waals surface area contributed by atoms with Gasteiger partial charge in [0.25, 0.3) is 0 Å². The van der Waals surface area contributed by atoms with Crippen molar-refractivity contribution in [1.29, 1.82) is 0 Å². The number of anilines is 2. The summed E-state index contributed by atoms with van der Waals surface area (Å²) in [6.45, 7) is 6.61. The van der Waals surface area contributed by atoms with Gasteiger partial charge in [-0.25, -0.2) is 9.97 Å². The number of aromatic nitrogens is 2. The lowest BCUT2D eigenvalue weighted by Crippen LogP contribution is -2.47. The quantitative estimate of drug-likeness (QED) is 0.838. The van der Waals surface area contributed by atoms with Gasteiger partial charge in [-0.3, -0.25) is 4.90 Å². The molecule has 1 saturated heterocycles. The Bertz CT molecular complexity index is 614. The smallest absolute Gasteiger partial charge is 0.134 e. The molecule has 6 nitrogen and oxygen atoms in total. The fraction of sp³-hybridized carbons (Fsp3) is 0.444. The molecule has 1 aromatic carbocycles. The summed E-state index contributed by atoms with van der Waals surface area (Å²) in [7, 11) is 1.75. The van der Waals surface area contributed by atoms with Crippen molar-refractivity contribution >= 4 is 11.6 Å². The first-order valence-electron chi connectivity index (χ1n) is 8.41. The summed E-state index contributed by atoms with van der Waals surface area (Å²) in [5.41, 5.74) is 1.24. The van der Waals surface area contributed by atoms with Gasteiger partial charge in [-0.2, -0.15) is 0 Å². The number of hydrogen-bond donors (Lipinski definition) is 1. The molecule has 0 unspecified atom stereocenters. The first-order chi connectivity index (χ1) is 11.8. The molecule has 1 aliphatic rings. The Balaban J connectivity index is 1.54. The maximum atomic E-state index is 5.15. The van der Waals surface area contributed by atoms with E-state index in [0.29, 0.717) is 0 Å². The van der Waals surface area contributed by atoms with Gasteiger partial charge < -0.3 is 15.0 Å². The van der Waals surface area contributed by atoms with Crippen LogP contribution in [0.5, 0.6) is 0 Å². The minimum atomic E-state index is 0.766. The number of benzene rings is 1. The number of rotatable bonds is 7. The number of nitrogens with one attached hydrogen (secondary N) is 1. The average Bonchev–Trinajstić information content (AvgIpc) is 2.66. The highest BCUT2D eigenvalue weighted by atomic mass is 16.5. The predicted octanol–water partition coefficient (Wildman–Crippen LogP) is 1.86. The Kier molecular flexibility index (Phi) is 5.98. The fourth-order valence-corrected chi connectivity index (χ4v) is 2.83. The Morgan fingerprint density at radius 3 is 2.62 bits per heavy atom. The van der Waals surface area contributed by atoms with E-state index >= 15 is 0 Å². The molecule has 2 aromatic rings. The van der Waals surface area contributed by atoms with Crippen molar-refractivity contribution in [3.8, 4) is 0 Å². The van der Waals surface area contributed by atoms with Crippen LogP contribution in [0.25, 0.3) is 0 Å². The Hall–Kier alpha value is -2.18. The second-order valence-electron chi connectivity index (χ2n) is 5.92. The zero-order valence-corrected chi connectivity index (χ0v) is 14.2. The average molecular weight is 327 g/mol. The van der Waals surface area contributed by atoms with Gasteiger partial charge in [-0.05, 0) is 5.56 Å². The van der Waals surface area contributed by atoms with E-state index < -0.39 is 0 Å². The Morgan fingerprint density at radius 2 is 1.88 bits per heavy atom. The van der Waals surface area contributed by atoms with Crippen LogP contribution in [0.1, 0.15) is 5.56 Å². The van der Waals surface area contributed by atoms with E-state index in [4.69, 9.17) is 4.74 Å². The maximum Gasteiger partial charge on any atom is 0.134 e. The van der Waals surface area contributed by atoms with Gasteiger partial charge in [-0.15, -0.1) is 0 Å². The zero-order chi connectivity index (χ0) is 16.6. The largest absolute Gasteiger partial charge is 0.383 e. The number of ether oxygens (including phenoxy) is 1. The number of nitrogens with zero attached hydrogens (tertiary/aromatic N) is 4. The van der Waals surface area contributed by atoms with Crippen LogP contribution in [0.4, 0.5) is 11.6 Å². The maximum absolute atomic E-state index is 5.15. The third-order valence-corrected chi connectivity index (χ3v) is 4.28. The second kappa shape index (κ2) is 8.61. The van der Waals surface area contributed by atoms with Crippen LogP contribution >= 0.6 is 0 Å². The van der Waals surface area contributed by atoms with E-state index in [-0.39, 0.29) is 0 Å². The predicted molar refractivity (Wildman–Crippen MR) is 96.3 cm³/mol. The normalized spacial score (nSPS) is 15.5. The molecule has 1 aromatic heterocycles. The second-order valence-corrected chi connectivity index (χ2v) is 5.92. The van der Waals surface area contributed by atoms with Crippen molar-refractivity contribution < 1.29 is 4.74 Å². The lowest BCUT2D eigenvalue weighted by molar-refractivity contribution is 0.144. The molecule has 1 fully saturated rings. The van der Waals surface area contributed by atoms with Gasteiger partial charge in [0, 0.05) is 52.4 Å². The van der Waals surface area contributed by atoms with Crippen LogP contribution in [-0.4, -0.2) is 61.3 Å². The zero-order valence-electron chi connectivity index (χ0n) is 14.2. The van der Waals surface area contributed by atoms with Crippen molar-refractivity contribution in [1.82, 2.24) is 14.9 Å². The van der Waals surface area contributed by atoms with E-state index in [0.717, 1.165) is 57.5 Å². The topological polar surface area (TPSA) is 53.5 Å². The van der Waals surface area contributed by atoms with Crippen molar-refractivity contribution in [3.63, 3.8) is 0 Å². The molecule has 0 saturated carbocycles. The number of methoxy groups -OCH3 is 1. The van der Waals surface area contributed by atoms with Crippen molar-refractivity contribution in [3.05, 3.63) is 48.3 Å². The van der Waals surface area contributed by atoms with Crippen molar-refractivity contribution in [2.75, 3.05) is 56.7 Å². The molecular formula is C18H25N5O. The van der Waals surface area contributed by atoms with Crippen LogP contribution in [0, 0.1) is 0 Å². The van der Waals surface area contributed by atoms with Crippen LogP contribution in [-0.2, 0) is 11.3 Å². The molecular weight excluding hydrogens is 302 g/mol. The van der Waals surface area contributed by atoms with Crippen molar-refractivity contribution in [2.45, 2.75) is 6.54 Å². The van der Waals surface area contributed by atoms with Gasteiger partial charge in [-0.1, -0.05) is 30.3 Å². The first kappa shape index (κ1) is 16.7. The summed E-state index contributed by atoms with van der Waals surface area (Å²) in [4.78, 5) is 13.5. The van der Waals surface area contributed by atoms with Crippen LogP contribution in [0.15, 0.2) is 42.7 Å². The summed E-state index contributed by atoms with van der Waals surface area (Å²) in [6, 6.07) is 12.4. The summed E-state index contributed by atoms with van der Waals surface area (Å²) in [6.07, 6.45) is 1.64. The van der Waals surface area contributed by atoms with Crippen molar-refractivity contribution in [2.24, 2.45) is 0 Å².